The molecule has 3 N–H and O–H groups in total. The SMILES string of the molecule is CNC(=O)CSc1nnc(C)n1N. The number of rotatable bonds is 3. The number of nitrogens with two attached hydrogens (primary N) is 1. The molecule has 0 atom stereocenters. The quantitative estimate of drug-likeness (QED) is 0.491. The Morgan fingerprint density at radius 2 is 2.38 bits per heavy atom. The first-order valence-electron chi connectivity index (χ1n) is 3.65. The molecule has 0 aromatic carbocycles. The van der Waals surface area contributed by atoms with Crippen LogP contribution < -0.4 is 11.2 Å². The van der Waals surface area contributed by atoms with E-state index in [0.717, 1.165) is 0 Å². The third-order valence-corrected chi connectivity index (χ3v) is 2.39. The van der Waals surface area contributed by atoms with E-state index in [1.165, 1.54) is 16.4 Å². The van der Waals surface area contributed by atoms with Crippen molar-refractivity contribution in [2.75, 3.05) is 18.6 Å². The summed E-state index contributed by atoms with van der Waals surface area (Å²) in [7, 11) is 1.58. The van der Waals surface area contributed by atoms with Crippen LogP contribution in [0.25, 0.3) is 0 Å². The minimum atomic E-state index is -0.0642. The molecule has 0 fully saturated rings. The highest BCUT2D eigenvalue weighted by atomic mass is 32.2. The lowest BCUT2D eigenvalue weighted by Gasteiger charge is -1.99. The highest BCUT2D eigenvalue weighted by Crippen LogP contribution is 2.12. The molecule has 0 saturated heterocycles. The molecule has 1 heterocycles. The van der Waals surface area contributed by atoms with Gasteiger partial charge in [0.25, 0.3) is 0 Å². The second kappa shape index (κ2) is 4.13. The van der Waals surface area contributed by atoms with E-state index in [0.29, 0.717) is 16.7 Å². The van der Waals surface area contributed by atoms with Gasteiger partial charge in [0.2, 0.25) is 11.1 Å². The minimum Gasteiger partial charge on any atom is -0.358 e. The van der Waals surface area contributed by atoms with Gasteiger partial charge in [0.1, 0.15) is 5.82 Å². The molecule has 1 aromatic rings. The maximum atomic E-state index is 10.9. The van der Waals surface area contributed by atoms with Crippen molar-refractivity contribution in [1.29, 1.82) is 0 Å². The fourth-order valence-electron chi connectivity index (χ4n) is 0.651. The Hall–Kier alpha value is -1.24. The van der Waals surface area contributed by atoms with Crippen LogP contribution in [0.5, 0.6) is 0 Å². The van der Waals surface area contributed by atoms with Crippen LogP contribution in [-0.2, 0) is 4.79 Å². The first-order chi connectivity index (χ1) is 6.15. The topological polar surface area (TPSA) is 85.8 Å². The Balaban J connectivity index is 2.55. The molecule has 1 amide bonds. The number of amides is 1. The van der Waals surface area contributed by atoms with Gasteiger partial charge in [-0.25, -0.2) is 4.68 Å². The van der Waals surface area contributed by atoms with Crippen LogP contribution in [0.2, 0.25) is 0 Å². The van der Waals surface area contributed by atoms with E-state index in [1.54, 1.807) is 14.0 Å². The van der Waals surface area contributed by atoms with Gasteiger partial charge in [0, 0.05) is 7.05 Å². The van der Waals surface area contributed by atoms with Crippen molar-refractivity contribution in [3.8, 4) is 0 Å². The Bertz CT molecular complexity index is 310. The smallest absolute Gasteiger partial charge is 0.230 e. The zero-order valence-electron chi connectivity index (χ0n) is 7.44. The number of nitrogen functional groups attached to an aromatic ring is 1. The van der Waals surface area contributed by atoms with Crippen LogP contribution in [0.3, 0.4) is 0 Å². The summed E-state index contributed by atoms with van der Waals surface area (Å²) < 4.78 is 1.35. The molecule has 72 valence electrons. The Kier molecular flexibility index (Phi) is 3.13. The summed E-state index contributed by atoms with van der Waals surface area (Å²) in [6, 6.07) is 0. The van der Waals surface area contributed by atoms with E-state index < -0.39 is 0 Å². The van der Waals surface area contributed by atoms with Crippen molar-refractivity contribution in [2.45, 2.75) is 12.1 Å². The lowest BCUT2D eigenvalue weighted by atomic mass is 10.7. The summed E-state index contributed by atoms with van der Waals surface area (Å²) in [4.78, 5) is 10.9. The molecule has 1 aromatic heterocycles. The Morgan fingerprint density at radius 1 is 1.69 bits per heavy atom. The van der Waals surface area contributed by atoms with Gasteiger partial charge in [-0.3, -0.25) is 4.79 Å². The molecule has 0 unspecified atom stereocenters. The molecule has 0 aliphatic heterocycles. The summed E-state index contributed by atoms with van der Waals surface area (Å²) in [5, 5.41) is 10.6. The second-order valence-electron chi connectivity index (χ2n) is 2.36. The molecule has 0 aliphatic carbocycles. The van der Waals surface area contributed by atoms with Crippen molar-refractivity contribution in [3.63, 3.8) is 0 Å². The Labute approximate surface area is 79.9 Å². The molecular weight excluding hydrogens is 190 g/mol. The molecule has 6 nitrogen and oxygen atoms in total. The number of carbonyl (C=O) groups excluding carboxylic acids is 1. The van der Waals surface area contributed by atoms with Gasteiger partial charge >= 0.3 is 0 Å². The van der Waals surface area contributed by atoms with Crippen molar-refractivity contribution < 1.29 is 4.79 Å². The maximum absolute atomic E-state index is 10.9. The lowest BCUT2D eigenvalue weighted by Crippen LogP contribution is -2.20. The average Bonchev–Trinajstić information content (AvgIpc) is 2.44. The van der Waals surface area contributed by atoms with Gasteiger partial charge in [0.15, 0.2) is 0 Å². The van der Waals surface area contributed by atoms with E-state index in [9.17, 15) is 4.79 Å². The van der Waals surface area contributed by atoms with Crippen molar-refractivity contribution in [2.24, 2.45) is 0 Å². The fraction of sp³-hybridized carbons (Fsp3) is 0.500. The second-order valence-corrected chi connectivity index (χ2v) is 3.30. The molecule has 13 heavy (non-hydrogen) atoms. The number of aryl methyl sites for hydroxylation is 1. The summed E-state index contributed by atoms with van der Waals surface area (Å²) in [5.74, 6) is 6.43. The van der Waals surface area contributed by atoms with Gasteiger partial charge in [-0.1, -0.05) is 11.8 Å². The monoisotopic (exact) mass is 201 g/mol. The highest BCUT2D eigenvalue weighted by Gasteiger charge is 2.07. The molecule has 1 rings (SSSR count). The molecule has 0 bridgehead atoms. The molecule has 0 radical (unpaired) electrons. The van der Waals surface area contributed by atoms with E-state index in [1.807, 2.05) is 0 Å². The van der Waals surface area contributed by atoms with Gasteiger partial charge < -0.3 is 11.2 Å². The van der Waals surface area contributed by atoms with Crippen LogP contribution in [-0.4, -0.2) is 33.6 Å². The summed E-state index contributed by atoms with van der Waals surface area (Å²) in [5.41, 5.74) is 0. The number of nitrogens with one attached hydrogen (secondary N) is 1. The lowest BCUT2D eigenvalue weighted by molar-refractivity contribution is -0.118. The molecule has 0 spiro atoms. The van der Waals surface area contributed by atoms with E-state index in [4.69, 9.17) is 5.84 Å². The van der Waals surface area contributed by atoms with Gasteiger partial charge in [0.05, 0.1) is 5.75 Å². The predicted octanol–water partition coefficient (Wildman–Crippen LogP) is -0.862. The van der Waals surface area contributed by atoms with Crippen LogP contribution in [0.15, 0.2) is 5.16 Å². The maximum Gasteiger partial charge on any atom is 0.230 e. The van der Waals surface area contributed by atoms with Gasteiger partial charge in [-0.2, -0.15) is 0 Å². The zero-order chi connectivity index (χ0) is 9.84. The van der Waals surface area contributed by atoms with E-state index in [-0.39, 0.29) is 5.91 Å². The van der Waals surface area contributed by atoms with Crippen LogP contribution in [0, 0.1) is 6.92 Å². The van der Waals surface area contributed by atoms with Crippen molar-refractivity contribution in [3.05, 3.63) is 5.82 Å². The van der Waals surface area contributed by atoms with E-state index >= 15 is 0 Å². The largest absolute Gasteiger partial charge is 0.358 e. The molecule has 7 heteroatoms. The predicted molar refractivity (Wildman–Crippen MR) is 49.7 cm³/mol. The van der Waals surface area contributed by atoms with E-state index in [2.05, 4.69) is 15.5 Å². The summed E-state index contributed by atoms with van der Waals surface area (Å²) >= 11 is 1.25. The normalized spacial score (nSPS) is 10.0. The highest BCUT2D eigenvalue weighted by molar-refractivity contribution is 7.99. The number of nitrogens with zero attached hydrogens (tertiary/aromatic N) is 3. The summed E-state index contributed by atoms with van der Waals surface area (Å²) in [6.07, 6.45) is 0. The number of hydrogen-bond donors (Lipinski definition) is 2. The van der Waals surface area contributed by atoms with Crippen LogP contribution >= 0.6 is 11.8 Å². The first-order valence-corrected chi connectivity index (χ1v) is 4.64. The molecular formula is C6H11N5OS. The minimum absolute atomic E-state index is 0.0642. The Morgan fingerprint density at radius 3 is 2.85 bits per heavy atom. The molecule has 0 aliphatic rings. The van der Waals surface area contributed by atoms with Gasteiger partial charge in [-0.15, -0.1) is 10.2 Å². The third-order valence-electron chi connectivity index (χ3n) is 1.45. The van der Waals surface area contributed by atoms with Crippen molar-refractivity contribution in [1.82, 2.24) is 20.2 Å². The fourth-order valence-corrected chi connectivity index (χ4v) is 1.42. The number of aromatic nitrogens is 3. The first kappa shape index (κ1) is 9.85. The third kappa shape index (κ3) is 2.35. The number of carbonyl (C=O) groups is 1. The summed E-state index contributed by atoms with van der Waals surface area (Å²) in [6.45, 7) is 1.75. The number of hydrogen-bond acceptors (Lipinski definition) is 5. The van der Waals surface area contributed by atoms with Crippen LogP contribution in [0.1, 0.15) is 5.82 Å². The zero-order valence-corrected chi connectivity index (χ0v) is 8.26. The molecule has 0 saturated carbocycles. The van der Waals surface area contributed by atoms with Crippen LogP contribution in [0.4, 0.5) is 0 Å². The number of thioether (sulfide) groups is 1. The van der Waals surface area contributed by atoms with Gasteiger partial charge in [-0.05, 0) is 6.92 Å². The standard InChI is InChI=1S/C6H11N5OS/c1-4-9-10-6(11(4)7)13-3-5(12)8-2/h3,7H2,1-2H3,(H,8,12). The van der Waals surface area contributed by atoms with Crippen molar-refractivity contribution >= 4 is 17.7 Å². The average molecular weight is 201 g/mol.